The second-order valence-corrected chi connectivity index (χ2v) is 98.3. The summed E-state index contributed by atoms with van der Waals surface area (Å²) in [6.07, 6.45) is 2.33. The van der Waals surface area contributed by atoms with Gasteiger partial charge in [-0.1, -0.05) is 0 Å². The number of rotatable bonds is 57. The highest BCUT2D eigenvalue weighted by atomic mass is 28.7. The van der Waals surface area contributed by atoms with Crippen LogP contribution in [0.5, 0.6) is 0 Å². The largest absolute Gasteiger partial charge is 0.651 e. The predicted molar refractivity (Wildman–Crippen MR) is 517 cm³/mol. The summed E-state index contributed by atoms with van der Waals surface area (Å²) in [6, 6.07) is 2.01. The second kappa shape index (κ2) is 43.6. The predicted octanol–water partition coefficient (Wildman–Crippen LogP) is 7.66. The molecule has 12 heterocycles. The summed E-state index contributed by atoms with van der Waals surface area (Å²) < 4.78 is 209. The number of hydrogen-bond acceptors (Lipinski definition) is 36. The summed E-state index contributed by atoms with van der Waals surface area (Å²) in [6.45, 7) is 48.7. The van der Waals surface area contributed by atoms with Crippen molar-refractivity contribution in [2.24, 2.45) is 0 Å². The van der Waals surface area contributed by atoms with Crippen molar-refractivity contribution >= 4 is 197 Å². The molecule has 133 heavy (non-hydrogen) atoms. The SMILES string of the molecule is CC1=C(C)C(=O)N(CCC[Si](C)(C)O[Si]2(O[SiH3])O[Si]3(O[Si](C)(C)CCCOCC4CO4)O[Si]4(O[Si](C)(C)CCCN5C(=O)C(C)=C(C)C5=O)O[SiH](O[Si](C)(C)CCCOCC5CO5)O[Si]5(O[Si](C)(C)CCCOCC6CO6)O[Si](O[Si](C)(C)CCCN6C(=O)C(C)=C(C)C6=O)(O2)O[Si](O[Si](C)(C)CCCOCC2CO2)(O3)O[Si](O[Si](C)(C)CCCN2C(=O)C(C)=C(C)C2=O)(O4)O5)C1=O. The smallest absolute Gasteiger partial charge is 0.419 e. The van der Waals surface area contributed by atoms with Crippen LogP contribution in [0.25, 0.3) is 0 Å². The maximum Gasteiger partial charge on any atom is 0.651 e. The molecule has 12 rings (SSSR count). The molecule has 0 radical (unpaired) electrons. The Balaban J connectivity index is 1.13. The van der Waals surface area contributed by atoms with E-state index in [2.05, 4.69) is 0 Å². The minimum atomic E-state index is -6.04. The van der Waals surface area contributed by atoms with Gasteiger partial charge in [-0.05, 0) is 260 Å². The minimum Gasteiger partial charge on any atom is -0.419 e. The quantitative estimate of drug-likeness (QED) is 0.0244. The van der Waals surface area contributed by atoms with Gasteiger partial charge in [0.05, 0.1) is 52.9 Å². The summed E-state index contributed by atoms with van der Waals surface area (Å²) in [5.74, 6) is -3.42. The Morgan fingerprint density at radius 3 is 0.692 bits per heavy atom. The number of ether oxygens (including phenoxy) is 8. The van der Waals surface area contributed by atoms with Crippen molar-refractivity contribution in [3.8, 4) is 0 Å². The zero-order valence-corrected chi connectivity index (χ0v) is 101. The molecule has 12 atom stereocenters. The third-order valence-electron chi connectivity index (χ3n) is 24.7. The van der Waals surface area contributed by atoms with Gasteiger partial charge in [-0.25, -0.2) is 0 Å². The van der Waals surface area contributed by atoms with E-state index in [0.29, 0.717) is 154 Å². The highest BCUT2D eigenvalue weighted by Crippen LogP contribution is 2.52. The highest BCUT2D eigenvalue weighted by Gasteiger charge is 2.88. The molecule has 57 heteroatoms. The first-order chi connectivity index (χ1) is 61.9. The van der Waals surface area contributed by atoms with Crippen LogP contribution >= 0.6 is 0 Å². The molecular formula is C76H144N4O36Si17. The van der Waals surface area contributed by atoms with Gasteiger partial charge in [0.2, 0.25) is 0 Å². The van der Waals surface area contributed by atoms with E-state index in [4.69, 9.17) is 120 Å². The molecule has 0 saturated carbocycles. The van der Waals surface area contributed by atoms with E-state index in [1.807, 2.05) is 105 Å². The first-order valence-electron chi connectivity index (χ1n) is 46.7. The number of amides is 8. The lowest BCUT2D eigenvalue weighted by Gasteiger charge is -2.58. The molecule has 40 nitrogen and oxygen atoms in total. The zero-order valence-electron chi connectivity index (χ0n) is 82.5. The molecule has 0 N–H and O–H groups in total. The van der Waals surface area contributed by atoms with Gasteiger partial charge in [-0.3, -0.25) is 58.0 Å². The molecule has 8 amide bonds. The molecule has 12 aliphatic heterocycles. The Labute approximate surface area is 804 Å². The van der Waals surface area contributed by atoms with Crippen LogP contribution in [0.15, 0.2) is 44.6 Å². The molecular weight excluding hydrogens is 2020 g/mol. The average molecular weight is 2170 g/mol. The Hall–Kier alpha value is -1.91. The van der Waals surface area contributed by atoms with Crippen molar-refractivity contribution in [2.75, 3.05) is 105 Å². The van der Waals surface area contributed by atoms with Gasteiger partial charge in [-0.2, -0.15) is 0 Å². The van der Waals surface area contributed by atoms with E-state index in [-0.39, 0.29) is 131 Å². The molecule has 752 valence electrons. The van der Waals surface area contributed by atoms with Crippen LogP contribution in [0.2, 0.25) is 153 Å². The minimum absolute atomic E-state index is 0.00351. The fourth-order valence-corrected chi connectivity index (χ4v) is 88.4. The monoisotopic (exact) mass is 2160 g/mol. The number of epoxide rings is 4. The summed E-state index contributed by atoms with van der Waals surface area (Å²) >= 11 is 0. The maximum absolute atomic E-state index is 14.0. The molecule has 12 aliphatic rings. The number of nitrogens with zero attached hydrogens (tertiary/aromatic N) is 4. The second-order valence-electron chi connectivity index (χ2n) is 41.1. The Bertz CT molecular complexity index is 4330. The number of imide groups is 4. The van der Waals surface area contributed by atoms with Crippen LogP contribution < -0.4 is 0 Å². The van der Waals surface area contributed by atoms with Gasteiger partial charge < -0.3 is 120 Å². The summed E-state index contributed by atoms with van der Waals surface area (Å²) in [7, 11) is -75.7. The summed E-state index contributed by atoms with van der Waals surface area (Å²) in [4.78, 5) is 117. The molecule has 0 aliphatic carbocycles. The third-order valence-corrected chi connectivity index (χ3v) is 86.8. The molecule has 8 saturated heterocycles. The zero-order chi connectivity index (χ0) is 97.4. The summed E-state index contributed by atoms with van der Waals surface area (Å²) in [5.41, 5.74) is 2.63. The Morgan fingerprint density at radius 2 is 0.474 bits per heavy atom. The lowest BCUT2D eigenvalue weighted by molar-refractivity contribution is -0.139. The average Bonchev–Trinajstić information content (AvgIpc) is 1.59. The van der Waals surface area contributed by atoms with E-state index >= 15 is 0 Å². The summed E-state index contributed by atoms with van der Waals surface area (Å²) in [5, 5.41) is 0. The van der Waals surface area contributed by atoms with E-state index in [0.717, 1.165) is 0 Å². The van der Waals surface area contributed by atoms with E-state index in [1.54, 1.807) is 55.4 Å². The lowest BCUT2D eigenvalue weighted by Crippen LogP contribution is -2.89. The molecule has 0 aromatic rings. The van der Waals surface area contributed by atoms with Crippen LogP contribution in [-0.2, 0) is 159 Å². The lowest BCUT2D eigenvalue weighted by atomic mass is 10.2. The van der Waals surface area contributed by atoms with Crippen LogP contribution in [-0.4, -0.2) is 347 Å². The van der Waals surface area contributed by atoms with Crippen molar-refractivity contribution < 1.29 is 159 Å². The Kier molecular flexibility index (Phi) is 36.0. The Morgan fingerprint density at radius 1 is 0.286 bits per heavy atom. The molecule has 12 unspecified atom stereocenters. The normalized spacial score (nSPS) is 30.3. The fraction of sp³-hybridized carbons (Fsp3) is 0.789. The van der Waals surface area contributed by atoms with Gasteiger partial charge >= 0.3 is 72.9 Å². The number of carbonyl (C=O) groups is 8. The molecule has 0 spiro atoms. The molecule has 6 bridgehead atoms. The van der Waals surface area contributed by atoms with Gasteiger partial charge in [0, 0.05) is 97.2 Å². The fourth-order valence-electron chi connectivity index (χ4n) is 16.3. The van der Waals surface area contributed by atoms with Crippen LogP contribution in [0.3, 0.4) is 0 Å². The van der Waals surface area contributed by atoms with E-state index in [9.17, 15) is 38.4 Å². The van der Waals surface area contributed by atoms with Gasteiger partial charge in [0.15, 0.2) is 66.5 Å². The van der Waals surface area contributed by atoms with Crippen LogP contribution in [0, 0.1) is 0 Å². The number of carbonyl (C=O) groups excluding carboxylic acids is 8. The van der Waals surface area contributed by atoms with E-state index in [1.165, 1.54) is 19.6 Å². The molecule has 8 fully saturated rings. The van der Waals surface area contributed by atoms with Gasteiger partial charge in [0.1, 0.15) is 34.9 Å². The number of hydrogen-bond donors (Lipinski definition) is 0. The molecule has 0 aromatic heterocycles. The number of fused-ring (bicyclic) bond motifs is 4. The van der Waals surface area contributed by atoms with Crippen LogP contribution in [0.4, 0.5) is 0 Å². The first-order valence-corrected chi connectivity index (χ1v) is 85.2. The van der Waals surface area contributed by atoms with Crippen molar-refractivity contribution in [3.63, 3.8) is 0 Å². The maximum atomic E-state index is 14.0. The standard InChI is InChI=1S/C76H144N4O36Si17/c1-57-58(2)70(82)77(69(57)81)33-25-41-120(11,12)101-127(97-117)108-130(104-122(15,16)43-27-35-79-73(85)61(5)62(6)74(79)86)111-129(103-124(19,20)46-30-38-90-50-66-54-94-66)100-118(98-119(9,10)45-29-37-89-49-65-53-93-65)99-128(102-121(13,14)42-26-34-78-71(83)59(3)60(4)72(78)84)110-131(109-127,106-125(21,22)47-31-39-91-51-67-55-95-67)115-133(114-130,107-126(23,24)48-32-40-92-52-68-56-96-68)116-132(112-128,113-129)105-123(17,18)44-28-36-80-75(87)63(7)64(8)76(80)88/h65-68,118H,25-56H2,1-24,117H3. The van der Waals surface area contributed by atoms with Crippen LogP contribution in [0.1, 0.15) is 107 Å². The first kappa shape index (κ1) is 110. The van der Waals surface area contributed by atoms with Gasteiger partial charge in [0.25, 0.3) is 47.3 Å². The van der Waals surface area contributed by atoms with Crippen molar-refractivity contribution in [1.82, 2.24) is 19.6 Å². The topological polar surface area (TPSA) is 421 Å². The molecule has 0 aromatic carbocycles. The van der Waals surface area contributed by atoms with Crippen molar-refractivity contribution in [2.45, 2.75) is 284 Å². The van der Waals surface area contributed by atoms with Gasteiger partial charge in [-0.15, -0.1) is 0 Å². The van der Waals surface area contributed by atoms with Crippen molar-refractivity contribution in [1.29, 1.82) is 0 Å². The van der Waals surface area contributed by atoms with E-state index < -0.39 is 187 Å². The highest BCUT2D eigenvalue weighted by molar-refractivity contribution is 7.02. The van der Waals surface area contributed by atoms with Crippen molar-refractivity contribution in [3.05, 3.63) is 44.6 Å². The third kappa shape index (κ3) is 29.7.